The van der Waals surface area contributed by atoms with Gasteiger partial charge in [0.1, 0.15) is 17.8 Å². The van der Waals surface area contributed by atoms with E-state index in [0.29, 0.717) is 55.2 Å². The van der Waals surface area contributed by atoms with E-state index in [2.05, 4.69) is 48.5 Å². The molecule has 70 heavy (non-hydrogen) atoms. The summed E-state index contributed by atoms with van der Waals surface area (Å²) in [5.41, 5.74) is 12.4. The van der Waals surface area contributed by atoms with Crippen LogP contribution >= 0.6 is 0 Å². The largest absolute Gasteiger partial charge is 0.507 e. The first-order chi connectivity index (χ1) is 33.7. The van der Waals surface area contributed by atoms with E-state index in [1.54, 1.807) is 29.2 Å². The first-order valence-electron chi connectivity index (χ1n) is 24.8. The zero-order valence-electron chi connectivity index (χ0n) is 40.3. The molecule has 3 saturated heterocycles. The molecule has 2 aromatic carbocycles. The van der Waals surface area contributed by atoms with Gasteiger partial charge in [-0.2, -0.15) is 0 Å². The van der Waals surface area contributed by atoms with Crippen LogP contribution in [0, 0.1) is 23.2 Å². The Balaban J connectivity index is 0.705. The van der Waals surface area contributed by atoms with Crippen molar-refractivity contribution in [2.24, 2.45) is 16.6 Å². The third-order valence-electron chi connectivity index (χ3n) is 16.0. The Bertz CT molecular complexity index is 2790. The van der Waals surface area contributed by atoms with E-state index in [-0.39, 0.29) is 48.7 Å². The van der Waals surface area contributed by atoms with Crippen LogP contribution in [0.15, 0.2) is 67.0 Å². The lowest BCUT2D eigenvalue weighted by Crippen LogP contribution is -2.70. The maximum absolute atomic E-state index is 14.4. The maximum Gasteiger partial charge on any atom is 0.318 e. The molecule has 1 aliphatic carbocycles. The number of fused-ring (bicyclic) bond motifs is 3. The van der Waals surface area contributed by atoms with E-state index >= 15 is 0 Å². The monoisotopic (exact) mass is 949 g/mol. The molecule has 10 rings (SSSR count). The number of aliphatic hydroxyl groups is 1. The number of anilines is 1. The first kappa shape index (κ1) is 47.1. The summed E-state index contributed by atoms with van der Waals surface area (Å²) in [7, 11) is 0. The van der Waals surface area contributed by atoms with Gasteiger partial charge in [-0.05, 0) is 111 Å². The molecule has 1 saturated carbocycles. The van der Waals surface area contributed by atoms with Crippen LogP contribution in [-0.2, 0) is 22.6 Å². The van der Waals surface area contributed by atoms with Gasteiger partial charge >= 0.3 is 6.03 Å². The third-order valence-corrected chi connectivity index (χ3v) is 16.0. The van der Waals surface area contributed by atoms with Crippen molar-refractivity contribution in [1.82, 2.24) is 50.5 Å². The fraction of sp³-hybridized carbons (Fsp3) is 0.491. The van der Waals surface area contributed by atoms with Gasteiger partial charge in [0.2, 0.25) is 17.8 Å². The van der Waals surface area contributed by atoms with Gasteiger partial charge < -0.3 is 51.2 Å². The van der Waals surface area contributed by atoms with Crippen LogP contribution in [-0.4, -0.2) is 138 Å². The summed E-state index contributed by atoms with van der Waals surface area (Å²) in [5.74, 6) is 3.09. The number of rotatable bonds is 12. The summed E-state index contributed by atoms with van der Waals surface area (Å²) in [6.45, 7) is 10.6. The number of carbonyl (C=O) groups excluding carboxylic acids is 3. The number of nitrogens with one attached hydrogen (secondary N) is 3. The van der Waals surface area contributed by atoms with Gasteiger partial charge in [-0.25, -0.2) is 14.8 Å². The van der Waals surface area contributed by atoms with Crippen LogP contribution in [0.3, 0.4) is 0 Å². The number of amides is 4. The molecule has 7 heterocycles. The summed E-state index contributed by atoms with van der Waals surface area (Å²) in [6, 6.07) is 14.8. The molecule has 5 aromatic rings. The number of nitrogens with two attached hydrogens (primary N) is 1. The molecule has 5 aliphatic rings. The Kier molecular flexibility index (Phi) is 12.7. The van der Waals surface area contributed by atoms with Crippen molar-refractivity contribution < 1.29 is 24.6 Å². The number of carbonyl (C=O) groups is 3. The van der Waals surface area contributed by atoms with E-state index < -0.39 is 29.5 Å². The topological polar surface area (TPSA) is 222 Å². The number of piperidine rings is 1. The van der Waals surface area contributed by atoms with Gasteiger partial charge in [-0.1, -0.05) is 44.0 Å². The van der Waals surface area contributed by atoms with Crippen molar-refractivity contribution in [3.05, 3.63) is 94.9 Å². The van der Waals surface area contributed by atoms with Gasteiger partial charge in [0.25, 0.3) is 0 Å². The fourth-order valence-electron chi connectivity index (χ4n) is 11.9. The summed E-state index contributed by atoms with van der Waals surface area (Å²) in [5, 5.41) is 37.0. The zero-order chi connectivity index (χ0) is 48.9. The molecule has 4 aliphatic heterocycles. The van der Waals surface area contributed by atoms with Gasteiger partial charge in [0.15, 0.2) is 5.65 Å². The number of phenolic OH excluding ortho intramolecular Hbond substituents is 1. The average molecular weight is 949 g/mol. The maximum atomic E-state index is 14.4. The Labute approximate surface area is 408 Å². The number of aromatic hydroxyl groups is 1. The van der Waals surface area contributed by atoms with Crippen LogP contribution in [0.25, 0.3) is 22.3 Å². The Hall–Kier alpha value is -6.61. The molecule has 17 heteroatoms. The van der Waals surface area contributed by atoms with Gasteiger partial charge in [-0.3, -0.25) is 9.59 Å². The lowest BCUT2D eigenvalue weighted by molar-refractivity contribution is -0.142. The molecule has 1 spiro atoms. The number of hydrogen-bond donors (Lipinski definition) is 6. The molecular weight excluding hydrogens is 885 g/mol. The fourth-order valence-corrected chi connectivity index (χ4v) is 11.9. The molecule has 3 aromatic heterocycles. The Morgan fingerprint density at radius 3 is 2.46 bits per heavy atom. The minimum absolute atomic E-state index is 0.00120. The molecule has 1 unspecified atom stereocenters. The summed E-state index contributed by atoms with van der Waals surface area (Å²) >= 11 is 0. The minimum Gasteiger partial charge on any atom is -0.507 e. The third kappa shape index (κ3) is 9.04. The SMILES string of the molecule is C#Cc1ccc(CNC(=O)[C@@H]2C[C@@H](O)CN2C(=O)C(NC(=O)N2CC3(CC(N4CCC(c5cnc(N6CCc7[nH]c8nnc(-c9ccccc9O)cc8c7[C@H]6C)nc5)CC4)C3)C2)C(C)(C)CCN)cc1. The summed E-state index contributed by atoms with van der Waals surface area (Å²) in [6.07, 6.45) is 14.1. The number of benzene rings is 2. The van der Waals surface area contributed by atoms with Gasteiger partial charge in [0, 0.05) is 97.2 Å². The van der Waals surface area contributed by atoms with Crippen molar-refractivity contribution in [3.8, 4) is 29.4 Å². The van der Waals surface area contributed by atoms with Crippen LogP contribution in [0.2, 0.25) is 0 Å². The number of aliphatic hydroxyl groups excluding tert-OH is 1. The number of terminal acetylenes is 1. The van der Waals surface area contributed by atoms with Crippen molar-refractivity contribution >= 4 is 34.8 Å². The second kappa shape index (κ2) is 19.0. The molecule has 4 amide bonds. The average Bonchev–Trinajstić information content (AvgIpc) is 3.92. The standard InChI is InChI=1S/C53H64N12O5/c1-5-33-10-12-34(13-11-33)26-55-48(68)43-22-38(66)29-65(43)49(69)46(52(3,4)17-18-54)59-51(70)63-30-53(31-63)24-37(25-53)62-19-14-35(15-20-62)36-27-56-50(57-28-36)64-21-16-41-45(32(64)2)40-23-42(60-61-47(40)58-41)39-8-6-7-9-44(39)67/h1,6-13,23,27-28,32,35,37-38,43,46,66-67H,14-22,24-26,29-31,54H2,2-4H3,(H,55,68)(H,58,61)(H,59,70)/t32-,38-,43+,46?/m1/s1. The van der Waals surface area contributed by atoms with Gasteiger partial charge in [0.05, 0.1) is 17.8 Å². The number of para-hydroxylation sites is 1. The van der Waals surface area contributed by atoms with Crippen LogP contribution < -0.4 is 21.3 Å². The molecular formula is C53H64N12O5. The first-order valence-corrected chi connectivity index (χ1v) is 24.8. The van der Waals surface area contributed by atoms with Gasteiger partial charge in [-0.15, -0.1) is 16.6 Å². The number of aromatic nitrogens is 5. The van der Waals surface area contributed by atoms with Crippen molar-refractivity contribution in [2.75, 3.05) is 50.7 Å². The molecule has 17 nitrogen and oxygen atoms in total. The van der Waals surface area contributed by atoms with Crippen LogP contribution in [0.5, 0.6) is 5.75 Å². The smallest absolute Gasteiger partial charge is 0.318 e. The highest BCUT2D eigenvalue weighted by molar-refractivity contribution is 5.93. The van der Waals surface area contributed by atoms with Crippen molar-refractivity contribution in [3.63, 3.8) is 0 Å². The highest BCUT2D eigenvalue weighted by Crippen LogP contribution is 2.51. The summed E-state index contributed by atoms with van der Waals surface area (Å²) < 4.78 is 0. The van der Waals surface area contributed by atoms with Crippen LogP contribution in [0.4, 0.5) is 10.7 Å². The number of urea groups is 1. The minimum atomic E-state index is -0.946. The highest BCUT2D eigenvalue weighted by atomic mass is 16.3. The number of likely N-dealkylation sites (tertiary alicyclic amines) is 3. The number of hydrogen-bond acceptors (Lipinski definition) is 12. The van der Waals surface area contributed by atoms with E-state index in [0.717, 1.165) is 85.2 Å². The van der Waals surface area contributed by atoms with E-state index in [9.17, 15) is 24.6 Å². The normalized spacial score (nSPS) is 22.0. The number of phenols is 1. The zero-order valence-corrected chi connectivity index (χ0v) is 40.3. The Morgan fingerprint density at radius 2 is 1.76 bits per heavy atom. The predicted octanol–water partition coefficient (Wildman–Crippen LogP) is 4.60. The highest BCUT2D eigenvalue weighted by Gasteiger charge is 2.56. The summed E-state index contributed by atoms with van der Waals surface area (Å²) in [4.78, 5) is 63.2. The van der Waals surface area contributed by atoms with E-state index in [4.69, 9.17) is 22.1 Å². The van der Waals surface area contributed by atoms with Crippen molar-refractivity contribution in [2.45, 2.75) is 108 Å². The number of H-pyrrole nitrogens is 1. The quantitative estimate of drug-likeness (QED) is 0.0946. The lowest BCUT2D eigenvalue weighted by atomic mass is 9.60. The molecule has 7 N–H and O–H groups in total. The number of β-amino-alcohol motifs (C(OH)–C–C–N with tert-alkyl or cyclic N) is 1. The number of aromatic amines is 1. The van der Waals surface area contributed by atoms with E-state index in [1.807, 2.05) is 56.6 Å². The molecule has 0 radical (unpaired) electrons. The molecule has 4 fully saturated rings. The number of nitrogens with zero attached hydrogens (tertiary/aromatic N) is 8. The Morgan fingerprint density at radius 1 is 1.03 bits per heavy atom. The van der Waals surface area contributed by atoms with Crippen molar-refractivity contribution in [1.29, 1.82) is 0 Å². The van der Waals surface area contributed by atoms with E-state index in [1.165, 1.54) is 10.5 Å². The molecule has 366 valence electrons. The predicted molar refractivity (Wildman–Crippen MR) is 265 cm³/mol. The molecule has 4 atom stereocenters. The second-order valence-corrected chi connectivity index (χ2v) is 21.1. The molecule has 0 bridgehead atoms. The van der Waals surface area contributed by atoms with Crippen LogP contribution in [0.1, 0.15) is 99.2 Å². The lowest BCUT2D eigenvalue weighted by Gasteiger charge is -2.61. The second-order valence-electron chi connectivity index (χ2n) is 21.1.